The van der Waals surface area contributed by atoms with Gasteiger partial charge in [0.1, 0.15) is 11.6 Å². The van der Waals surface area contributed by atoms with Gasteiger partial charge >= 0.3 is 6.03 Å². The van der Waals surface area contributed by atoms with Crippen LogP contribution in [0.3, 0.4) is 0 Å². The standard InChI is InChI=1S/C26H28N6O3/c1-4-21-17(2)28-25(30-24(21)33)32-23(16-22(31-32)19-8-6-5-7-9-19)29-26(34)27-15-14-18-10-12-20(35-3)13-11-18/h5-13,16H,4,14-15H2,1-3H3,(H2,27,29,34)(H,28,30,33). The van der Waals surface area contributed by atoms with E-state index in [9.17, 15) is 9.59 Å². The number of nitrogens with one attached hydrogen (secondary N) is 3. The van der Waals surface area contributed by atoms with Gasteiger partial charge in [0.2, 0.25) is 5.95 Å². The molecule has 35 heavy (non-hydrogen) atoms. The molecule has 0 fully saturated rings. The predicted molar refractivity (Wildman–Crippen MR) is 135 cm³/mol. The quantitative estimate of drug-likeness (QED) is 0.360. The van der Waals surface area contributed by atoms with E-state index >= 15 is 0 Å². The Bertz CT molecular complexity index is 1360. The van der Waals surface area contributed by atoms with Gasteiger partial charge < -0.3 is 10.1 Å². The summed E-state index contributed by atoms with van der Waals surface area (Å²) in [4.78, 5) is 32.6. The number of H-pyrrole nitrogens is 1. The first-order valence-corrected chi connectivity index (χ1v) is 11.4. The molecule has 4 aromatic rings. The normalized spacial score (nSPS) is 10.7. The molecule has 0 aliphatic rings. The van der Waals surface area contributed by atoms with Gasteiger partial charge in [-0.1, -0.05) is 49.4 Å². The SMILES string of the molecule is CCc1c(C)nc(-n2nc(-c3ccccc3)cc2NC(=O)NCCc2ccc(OC)cc2)[nH]c1=O. The average Bonchev–Trinajstić information content (AvgIpc) is 3.28. The molecule has 2 aromatic carbocycles. The number of nitrogens with zero attached hydrogens (tertiary/aromatic N) is 3. The second-order valence-corrected chi connectivity index (χ2v) is 7.98. The van der Waals surface area contributed by atoms with E-state index in [-0.39, 0.29) is 17.5 Å². The Balaban J connectivity index is 1.55. The van der Waals surface area contributed by atoms with Crippen LogP contribution < -0.4 is 20.9 Å². The van der Waals surface area contributed by atoms with E-state index in [0.29, 0.717) is 42.2 Å². The maximum absolute atomic E-state index is 12.7. The number of carbonyl (C=O) groups excluding carboxylic acids is 1. The number of ether oxygens (including phenoxy) is 1. The number of urea groups is 1. The van der Waals surface area contributed by atoms with Crippen molar-refractivity contribution in [2.24, 2.45) is 0 Å². The second kappa shape index (κ2) is 10.7. The van der Waals surface area contributed by atoms with Crippen LogP contribution >= 0.6 is 0 Å². The zero-order valence-corrected chi connectivity index (χ0v) is 20.0. The monoisotopic (exact) mass is 472 g/mol. The topological polar surface area (TPSA) is 114 Å². The molecule has 0 atom stereocenters. The van der Waals surface area contributed by atoms with Crippen molar-refractivity contribution >= 4 is 11.8 Å². The fourth-order valence-electron chi connectivity index (χ4n) is 3.77. The molecule has 3 N–H and O–H groups in total. The van der Waals surface area contributed by atoms with Crippen LogP contribution in [0.4, 0.5) is 10.6 Å². The predicted octanol–water partition coefficient (Wildman–Crippen LogP) is 3.87. The van der Waals surface area contributed by atoms with Crippen molar-refractivity contribution in [2.75, 3.05) is 19.0 Å². The molecule has 2 heterocycles. The van der Waals surface area contributed by atoms with Gasteiger partial charge in [0.25, 0.3) is 5.56 Å². The lowest BCUT2D eigenvalue weighted by atomic mass is 10.1. The van der Waals surface area contributed by atoms with Gasteiger partial charge in [-0.2, -0.15) is 9.78 Å². The molecule has 9 nitrogen and oxygen atoms in total. The van der Waals surface area contributed by atoms with Crippen molar-refractivity contribution in [2.45, 2.75) is 26.7 Å². The summed E-state index contributed by atoms with van der Waals surface area (Å²) in [5.74, 6) is 1.41. The Labute approximate surface area is 203 Å². The van der Waals surface area contributed by atoms with Crippen molar-refractivity contribution < 1.29 is 9.53 Å². The van der Waals surface area contributed by atoms with Crippen LogP contribution in [-0.4, -0.2) is 39.4 Å². The number of benzene rings is 2. The van der Waals surface area contributed by atoms with E-state index in [1.807, 2.05) is 61.5 Å². The number of aromatic amines is 1. The molecule has 2 amide bonds. The van der Waals surface area contributed by atoms with Crippen molar-refractivity contribution in [1.29, 1.82) is 0 Å². The summed E-state index contributed by atoms with van der Waals surface area (Å²) in [6.45, 7) is 4.14. The first-order chi connectivity index (χ1) is 17.0. The van der Waals surface area contributed by atoms with Crippen molar-refractivity contribution in [3.63, 3.8) is 0 Å². The first-order valence-electron chi connectivity index (χ1n) is 11.4. The molecule has 0 saturated carbocycles. The lowest BCUT2D eigenvalue weighted by molar-refractivity contribution is 0.252. The van der Waals surface area contributed by atoms with Crippen molar-refractivity contribution in [3.8, 4) is 23.0 Å². The molecule has 0 radical (unpaired) electrons. The van der Waals surface area contributed by atoms with Gasteiger partial charge in [0.05, 0.1) is 12.8 Å². The molecule has 0 saturated heterocycles. The molecule has 0 spiro atoms. The van der Waals surface area contributed by atoms with E-state index in [1.54, 1.807) is 20.1 Å². The minimum absolute atomic E-state index is 0.221. The zero-order chi connectivity index (χ0) is 24.8. The third kappa shape index (κ3) is 5.57. The summed E-state index contributed by atoms with van der Waals surface area (Å²) >= 11 is 0. The van der Waals surface area contributed by atoms with Crippen LogP contribution in [0.2, 0.25) is 0 Å². The van der Waals surface area contributed by atoms with Gasteiger partial charge in [-0.15, -0.1) is 0 Å². The number of aromatic nitrogens is 4. The number of methoxy groups -OCH3 is 1. The molecule has 9 heteroatoms. The molecule has 0 unspecified atom stereocenters. The van der Waals surface area contributed by atoms with Gasteiger partial charge in [0.15, 0.2) is 0 Å². The molecule has 0 aliphatic carbocycles. The second-order valence-electron chi connectivity index (χ2n) is 7.98. The van der Waals surface area contributed by atoms with E-state index in [0.717, 1.165) is 16.9 Å². The smallest absolute Gasteiger partial charge is 0.320 e. The van der Waals surface area contributed by atoms with Crippen LogP contribution in [0, 0.1) is 6.92 Å². The Hall–Kier alpha value is -4.40. The minimum atomic E-state index is -0.386. The summed E-state index contributed by atoms with van der Waals surface area (Å²) in [5.41, 5.74) is 3.61. The minimum Gasteiger partial charge on any atom is -0.497 e. The van der Waals surface area contributed by atoms with Crippen LogP contribution in [0.15, 0.2) is 65.5 Å². The number of hydrogen-bond acceptors (Lipinski definition) is 5. The van der Waals surface area contributed by atoms with Crippen LogP contribution in [-0.2, 0) is 12.8 Å². The summed E-state index contributed by atoms with van der Waals surface area (Å²) in [6.07, 6.45) is 1.24. The molecule has 0 bridgehead atoms. The molecule has 2 aromatic heterocycles. The maximum atomic E-state index is 12.7. The van der Waals surface area contributed by atoms with Crippen LogP contribution in [0.25, 0.3) is 17.2 Å². The van der Waals surface area contributed by atoms with Crippen molar-refractivity contribution in [1.82, 2.24) is 25.1 Å². The average molecular weight is 473 g/mol. The van der Waals surface area contributed by atoms with E-state index in [1.165, 1.54) is 4.68 Å². The lowest BCUT2D eigenvalue weighted by Gasteiger charge is -2.11. The fraction of sp³-hybridized carbons (Fsp3) is 0.231. The van der Waals surface area contributed by atoms with Gasteiger partial charge in [0, 0.05) is 29.4 Å². The number of anilines is 1. The maximum Gasteiger partial charge on any atom is 0.320 e. The third-order valence-electron chi connectivity index (χ3n) is 5.64. The Kier molecular flexibility index (Phi) is 7.25. The fourth-order valence-corrected chi connectivity index (χ4v) is 3.77. The molecule has 4 rings (SSSR count). The van der Waals surface area contributed by atoms with Gasteiger partial charge in [-0.05, 0) is 37.5 Å². The first kappa shape index (κ1) is 23.7. The van der Waals surface area contributed by atoms with Crippen LogP contribution in [0.1, 0.15) is 23.7 Å². The lowest BCUT2D eigenvalue weighted by Crippen LogP contribution is -2.31. The number of amides is 2. The Morgan fingerprint density at radius 1 is 1.11 bits per heavy atom. The summed E-state index contributed by atoms with van der Waals surface area (Å²) in [5, 5.41) is 10.3. The number of carbonyl (C=O) groups is 1. The molecular formula is C26H28N6O3. The largest absolute Gasteiger partial charge is 0.497 e. The molecule has 180 valence electrons. The summed E-state index contributed by atoms with van der Waals surface area (Å²) < 4.78 is 6.62. The highest BCUT2D eigenvalue weighted by Gasteiger charge is 2.17. The number of aryl methyl sites for hydroxylation is 1. The Morgan fingerprint density at radius 3 is 2.51 bits per heavy atom. The zero-order valence-electron chi connectivity index (χ0n) is 20.0. The third-order valence-corrected chi connectivity index (χ3v) is 5.64. The molecular weight excluding hydrogens is 444 g/mol. The summed E-state index contributed by atoms with van der Waals surface area (Å²) in [6, 6.07) is 18.7. The highest BCUT2D eigenvalue weighted by Crippen LogP contribution is 2.23. The van der Waals surface area contributed by atoms with E-state index in [2.05, 4.69) is 25.7 Å². The molecule has 0 aliphatic heterocycles. The van der Waals surface area contributed by atoms with Gasteiger partial charge in [-0.3, -0.25) is 15.1 Å². The van der Waals surface area contributed by atoms with E-state index < -0.39 is 0 Å². The Morgan fingerprint density at radius 2 is 1.86 bits per heavy atom. The highest BCUT2D eigenvalue weighted by molar-refractivity contribution is 5.89. The highest BCUT2D eigenvalue weighted by atomic mass is 16.5. The van der Waals surface area contributed by atoms with Crippen molar-refractivity contribution in [3.05, 3.63) is 87.8 Å². The van der Waals surface area contributed by atoms with Gasteiger partial charge in [-0.25, -0.2) is 9.78 Å². The summed E-state index contributed by atoms with van der Waals surface area (Å²) in [7, 11) is 1.62. The van der Waals surface area contributed by atoms with Crippen LogP contribution in [0.5, 0.6) is 5.75 Å². The van der Waals surface area contributed by atoms with E-state index in [4.69, 9.17) is 4.74 Å². The number of rotatable bonds is 8. The number of hydrogen-bond donors (Lipinski definition) is 3.